The number of thioether (sulfide) groups is 1. The first kappa shape index (κ1) is 12.7. The van der Waals surface area contributed by atoms with Crippen LogP contribution in [0.2, 0.25) is 0 Å². The highest BCUT2D eigenvalue weighted by atomic mass is 32.2. The molecule has 0 aromatic heterocycles. The van der Waals surface area contributed by atoms with E-state index in [0.717, 1.165) is 23.7 Å². The van der Waals surface area contributed by atoms with Crippen LogP contribution in [0.3, 0.4) is 0 Å². The molecule has 0 aliphatic rings. The summed E-state index contributed by atoms with van der Waals surface area (Å²) in [7, 11) is 0. The molecule has 0 atom stereocenters. The van der Waals surface area contributed by atoms with Crippen LogP contribution < -0.4 is 5.32 Å². The fraction of sp³-hybridized carbons (Fsp3) is 0.778. The molecule has 0 radical (unpaired) electrons. The van der Waals surface area contributed by atoms with Gasteiger partial charge in [0.2, 0.25) is 0 Å². The fourth-order valence-electron chi connectivity index (χ4n) is 0.963. The second kappa shape index (κ2) is 9.82. The van der Waals surface area contributed by atoms with Gasteiger partial charge in [0.15, 0.2) is 0 Å². The number of unbranched alkanes of at least 4 members (excludes halogenated alkanes) is 3. The first-order valence-corrected chi connectivity index (χ1v) is 5.92. The predicted molar refractivity (Wildman–Crippen MR) is 62.8 cm³/mol. The van der Waals surface area contributed by atoms with Crippen LogP contribution in [-0.4, -0.2) is 17.3 Å². The molecule has 4 heteroatoms. The lowest BCUT2D eigenvalue weighted by Crippen LogP contribution is -2.18. The molecule has 13 heavy (non-hydrogen) atoms. The lowest BCUT2D eigenvalue weighted by atomic mass is 10.2. The summed E-state index contributed by atoms with van der Waals surface area (Å²) in [5.74, 6) is 0.968. The highest BCUT2D eigenvalue weighted by Gasteiger charge is 1.91. The molecular formula is C9H16N2S2. The largest absolute Gasteiger partial charge is 0.380 e. The zero-order chi connectivity index (χ0) is 9.94. The number of nitrogens with one attached hydrogen (secondary N) is 1. The number of thiocarbonyl (C=S) groups is 1. The summed E-state index contributed by atoms with van der Waals surface area (Å²) in [6.45, 7) is 2.89. The van der Waals surface area contributed by atoms with E-state index in [4.69, 9.17) is 17.5 Å². The van der Waals surface area contributed by atoms with Crippen molar-refractivity contribution in [2.75, 3.05) is 12.3 Å². The summed E-state index contributed by atoms with van der Waals surface area (Å²) in [6.07, 6.45) is 4.76. The summed E-state index contributed by atoms with van der Waals surface area (Å²) < 4.78 is 0. The third kappa shape index (κ3) is 11.7. The van der Waals surface area contributed by atoms with Crippen LogP contribution >= 0.6 is 24.0 Å². The third-order valence-electron chi connectivity index (χ3n) is 1.61. The Morgan fingerprint density at radius 2 is 2.08 bits per heavy atom. The standard InChI is InChI=1S/C9H16N2S2/c1-9(12)11-6-4-2-3-5-7-13-8-10/h2-7H2,1H3,(H,11,12). The Labute approximate surface area is 90.1 Å². The highest BCUT2D eigenvalue weighted by Crippen LogP contribution is 2.05. The Hall–Kier alpha value is -0.270. The van der Waals surface area contributed by atoms with Gasteiger partial charge in [0.25, 0.3) is 0 Å². The van der Waals surface area contributed by atoms with Gasteiger partial charge in [-0.3, -0.25) is 0 Å². The van der Waals surface area contributed by atoms with Gasteiger partial charge in [0.05, 0.1) is 4.99 Å². The van der Waals surface area contributed by atoms with E-state index >= 15 is 0 Å². The Kier molecular flexibility index (Phi) is 9.61. The molecule has 0 amide bonds. The van der Waals surface area contributed by atoms with Crippen LogP contribution in [0.1, 0.15) is 32.6 Å². The molecule has 0 saturated heterocycles. The number of nitriles is 1. The third-order valence-corrected chi connectivity index (χ3v) is 2.38. The van der Waals surface area contributed by atoms with Gasteiger partial charge in [-0.15, -0.1) is 0 Å². The Bertz CT molecular complexity index is 175. The molecule has 0 aliphatic heterocycles. The predicted octanol–water partition coefficient (Wildman–Crippen LogP) is 2.70. The summed E-state index contributed by atoms with van der Waals surface area (Å²) in [5.41, 5.74) is 0. The van der Waals surface area contributed by atoms with Gasteiger partial charge in [-0.25, -0.2) is 0 Å². The van der Waals surface area contributed by atoms with Gasteiger partial charge in [0, 0.05) is 12.3 Å². The smallest absolute Gasteiger partial charge is 0.133 e. The second-order valence-corrected chi connectivity index (χ2v) is 4.33. The van der Waals surface area contributed by atoms with Gasteiger partial charge in [-0.05, 0) is 31.5 Å². The summed E-state index contributed by atoms with van der Waals surface area (Å²) in [6, 6.07) is 0. The Morgan fingerprint density at radius 1 is 1.38 bits per heavy atom. The van der Waals surface area contributed by atoms with E-state index in [1.807, 2.05) is 6.92 Å². The molecule has 0 saturated carbocycles. The zero-order valence-corrected chi connectivity index (χ0v) is 9.64. The number of hydrogen-bond acceptors (Lipinski definition) is 3. The maximum Gasteiger partial charge on any atom is 0.133 e. The minimum atomic E-state index is 0.875. The topological polar surface area (TPSA) is 35.8 Å². The van der Waals surface area contributed by atoms with Gasteiger partial charge >= 0.3 is 0 Å². The molecule has 2 nitrogen and oxygen atoms in total. The Morgan fingerprint density at radius 3 is 2.69 bits per heavy atom. The van der Waals surface area contributed by atoms with Crippen LogP contribution in [0.5, 0.6) is 0 Å². The maximum absolute atomic E-state index is 8.26. The lowest BCUT2D eigenvalue weighted by molar-refractivity contribution is 0.658. The molecule has 0 unspecified atom stereocenters. The summed E-state index contributed by atoms with van der Waals surface area (Å²) in [5, 5.41) is 13.5. The maximum atomic E-state index is 8.26. The van der Waals surface area contributed by atoms with Crippen LogP contribution in [0.4, 0.5) is 0 Å². The van der Waals surface area contributed by atoms with Crippen LogP contribution in [0, 0.1) is 10.7 Å². The van der Waals surface area contributed by atoms with Crippen molar-refractivity contribution in [1.29, 1.82) is 5.26 Å². The lowest BCUT2D eigenvalue weighted by Gasteiger charge is -2.02. The molecule has 0 aromatic carbocycles. The van der Waals surface area contributed by atoms with Crippen LogP contribution in [0.15, 0.2) is 0 Å². The molecule has 0 rings (SSSR count). The van der Waals surface area contributed by atoms with E-state index in [0.29, 0.717) is 0 Å². The number of nitrogens with zero attached hydrogens (tertiary/aromatic N) is 1. The van der Waals surface area contributed by atoms with Crippen molar-refractivity contribution >= 4 is 29.0 Å². The van der Waals surface area contributed by atoms with Gasteiger partial charge in [-0.2, -0.15) is 5.26 Å². The molecule has 0 spiro atoms. The molecule has 1 N–H and O–H groups in total. The molecular weight excluding hydrogens is 200 g/mol. The van der Waals surface area contributed by atoms with Crippen molar-refractivity contribution in [2.45, 2.75) is 32.6 Å². The minimum Gasteiger partial charge on any atom is -0.380 e. The number of rotatable bonds is 7. The van der Waals surface area contributed by atoms with Gasteiger partial charge < -0.3 is 5.32 Å². The quantitative estimate of drug-likeness (QED) is 0.403. The van der Waals surface area contributed by atoms with E-state index in [2.05, 4.69) is 10.7 Å². The van der Waals surface area contributed by atoms with Gasteiger partial charge in [-0.1, -0.05) is 25.1 Å². The summed E-state index contributed by atoms with van der Waals surface area (Å²) in [4.78, 5) is 0.875. The molecule has 0 heterocycles. The van der Waals surface area contributed by atoms with Crippen molar-refractivity contribution in [3.8, 4) is 5.40 Å². The highest BCUT2D eigenvalue weighted by molar-refractivity contribution is 8.03. The first-order chi connectivity index (χ1) is 6.27. The van der Waals surface area contributed by atoms with E-state index in [9.17, 15) is 0 Å². The number of hydrogen-bond donors (Lipinski definition) is 1. The average Bonchev–Trinajstić information content (AvgIpc) is 2.09. The molecule has 74 valence electrons. The molecule has 0 aromatic rings. The van der Waals surface area contributed by atoms with Crippen LogP contribution in [-0.2, 0) is 0 Å². The molecule has 0 fully saturated rings. The minimum absolute atomic E-state index is 0.875. The van der Waals surface area contributed by atoms with Crippen molar-refractivity contribution in [3.63, 3.8) is 0 Å². The zero-order valence-electron chi connectivity index (χ0n) is 8.01. The van der Waals surface area contributed by atoms with Gasteiger partial charge in [0.1, 0.15) is 5.40 Å². The Balaban J connectivity index is 2.92. The van der Waals surface area contributed by atoms with E-state index < -0.39 is 0 Å². The van der Waals surface area contributed by atoms with E-state index in [-0.39, 0.29) is 0 Å². The van der Waals surface area contributed by atoms with E-state index in [1.54, 1.807) is 0 Å². The van der Waals surface area contributed by atoms with E-state index in [1.165, 1.54) is 31.0 Å². The number of thiocyanates is 1. The fourth-order valence-corrected chi connectivity index (χ4v) is 1.50. The second-order valence-electron chi connectivity index (χ2n) is 2.84. The van der Waals surface area contributed by atoms with Crippen molar-refractivity contribution in [2.24, 2.45) is 0 Å². The van der Waals surface area contributed by atoms with Crippen LogP contribution in [0.25, 0.3) is 0 Å². The van der Waals surface area contributed by atoms with Crippen molar-refractivity contribution < 1.29 is 0 Å². The SMILES string of the molecule is CC(=S)NCCCCCCSC#N. The first-order valence-electron chi connectivity index (χ1n) is 4.52. The normalized spacial score (nSPS) is 9.23. The van der Waals surface area contributed by atoms with Crippen molar-refractivity contribution in [3.05, 3.63) is 0 Å². The average molecular weight is 216 g/mol. The van der Waals surface area contributed by atoms with Crippen molar-refractivity contribution in [1.82, 2.24) is 5.32 Å². The molecule has 0 aliphatic carbocycles. The molecule has 0 bridgehead atoms. The monoisotopic (exact) mass is 216 g/mol. The summed E-state index contributed by atoms with van der Waals surface area (Å²) >= 11 is 6.23.